The van der Waals surface area contributed by atoms with Crippen molar-refractivity contribution in [1.29, 1.82) is 0 Å². The van der Waals surface area contributed by atoms with Gasteiger partial charge in [0.15, 0.2) is 0 Å². The van der Waals surface area contributed by atoms with Crippen LogP contribution >= 0.6 is 0 Å². The third-order valence-electron chi connectivity index (χ3n) is 2.24. The van der Waals surface area contributed by atoms with Crippen LogP contribution < -0.4 is 0 Å². The molecule has 6 heteroatoms. The Morgan fingerprint density at radius 3 is 2.29 bits per heavy atom. The third-order valence-corrected chi connectivity index (χ3v) is 2.24. The molecular weight excluding hydrogens is 233 g/mol. The zero-order valence-electron chi connectivity index (χ0n) is 8.95. The summed E-state index contributed by atoms with van der Waals surface area (Å²) < 4.78 is 41.9. The number of aryl methyl sites for hydroxylation is 1. The Balaban J connectivity index is 2.29. The molecule has 0 aliphatic carbocycles. The minimum Gasteiger partial charge on any atom is -0.339 e. The lowest BCUT2D eigenvalue weighted by Gasteiger charge is -2.05. The lowest BCUT2D eigenvalue weighted by atomic mass is 10.1. The molecule has 0 saturated carbocycles. The van der Waals surface area contributed by atoms with Crippen LogP contribution in [0.25, 0.3) is 11.4 Å². The van der Waals surface area contributed by atoms with E-state index in [2.05, 4.69) is 10.1 Å². The van der Waals surface area contributed by atoms with Crippen molar-refractivity contribution in [3.05, 3.63) is 35.7 Å². The molecular formula is C11H9F3N2O. The van der Waals surface area contributed by atoms with Gasteiger partial charge in [-0.15, -0.1) is 0 Å². The van der Waals surface area contributed by atoms with Gasteiger partial charge in [0.2, 0.25) is 11.7 Å². The van der Waals surface area contributed by atoms with Crippen LogP contribution in [0.1, 0.15) is 18.4 Å². The summed E-state index contributed by atoms with van der Waals surface area (Å²) in [6.45, 7) is 1.85. The van der Waals surface area contributed by atoms with Gasteiger partial charge in [-0.3, -0.25) is 0 Å². The molecule has 17 heavy (non-hydrogen) atoms. The van der Waals surface area contributed by atoms with Crippen LogP contribution in [0, 0.1) is 0 Å². The van der Waals surface area contributed by atoms with E-state index in [1.54, 1.807) is 0 Å². The monoisotopic (exact) mass is 242 g/mol. The lowest BCUT2D eigenvalue weighted by molar-refractivity contribution is -0.137. The van der Waals surface area contributed by atoms with Crippen LogP contribution in [0.5, 0.6) is 0 Å². The van der Waals surface area contributed by atoms with Gasteiger partial charge < -0.3 is 4.52 Å². The predicted molar refractivity (Wildman–Crippen MR) is 54.1 cm³/mol. The van der Waals surface area contributed by atoms with Gasteiger partial charge in [0.25, 0.3) is 0 Å². The first-order valence-corrected chi connectivity index (χ1v) is 5.01. The SMILES string of the molecule is CCc1nc(-c2ccc(C(F)(F)F)cc2)no1. The van der Waals surface area contributed by atoms with Crippen LogP contribution in [-0.4, -0.2) is 10.1 Å². The molecule has 0 unspecified atom stereocenters. The van der Waals surface area contributed by atoms with Gasteiger partial charge >= 0.3 is 6.18 Å². The zero-order valence-corrected chi connectivity index (χ0v) is 8.95. The maximum Gasteiger partial charge on any atom is 0.416 e. The first-order chi connectivity index (χ1) is 8.00. The maximum atomic E-state index is 12.3. The molecule has 1 aromatic carbocycles. The highest BCUT2D eigenvalue weighted by atomic mass is 19.4. The summed E-state index contributed by atoms with van der Waals surface area (Å²) in [4.78, 5) is 4.03. The van der Waals surface area contributed by atoms with Crippen molar-refractivity contribution in [2.45, 2.75) is 19.5 Å². The van der Waals surface area contributed by atoms with Crippen LogP contribution in [0.4, 0.5) is 13.2 Å². The fraction of sp³-hybridized carbons (Fsp3) is 0.273. The lowest BCUT2D eigenvalue weighted by Crippen LogP contribution is -2.04. The number of benzene rings is 1. The molecule has 0 atom stereocenters. The smallest absolute Gasteiger partial charge is 0.339 e. The van der Waals surface area contributed by atoms with Crippen molar-refractivity contribution in [3.8, 4) is 11.4 Å². The van der Waals surface area contributed by atoms with Gasteiger partial charge in [0.1, 0.15) is 0 Å². The fourth-order valence-electron chi connectivity index (χ4n) is 1.32. The molecule has 0 saturated heterocycles. The Morgan fingerprint density at radius 1 is 1.18 bits per heavy atom. The van der Waals surface area contributed by atoms with E-state index in [0.29, 0.717) is 23.7 Å². The van der Waals surface area contributed by atoms with Gasteiger partial charge in [-0.1, -0.05) is 24.2 Å². The molecule has 0 N–H and O–H groups in total. The fourth-order valence-corrected chi connectivity index (χ4v) is 1.32. The summed E-state index contributed by atoms with van der Waals surface area (Å²) in [6.07, 6.45) is -3.74. The van der Waals surface area contributed by atoms with Crippen molar-refractivity contribution in [3.63, 3.8) is 0 Å². The standard InChI is InChI=1S/C11H9F3N2O/c1-2-9-15-10(16-17-9)7-3-5-8(6-4-7)11(12,13)14/h3-6H,2H2,1H3. The van der Waals surface area contributed by atoms with E-state index >= 15 is 0 Å². The number of halogens is 3. The quantitative estimate of drug-likeness (QED) is 0.810. The van der Waals surface area contributed by atoms with E-state index in [1.807, 2.05) is 6.92 Å². The largest absolute Gasteiger partial charge is 0.416 e. The molecule has 2 rings (SSSR count). The maximum absolute atomic E-state index is 12.3. The third kappa shape index (κ3) is 2.46. The molecule has 1 heterocycles. The molecule has 0 aliphatic heterocycles. The van der Waals surface area contributed by atoms with E-state index in [-0.39, 0.29) is 0 Å². The van der Waals surface area contributed by atoms with Crippen LogP contribution in [0.15, 0.2) is 28.8 Å². The van der Waals surface area contributed by atoms with Gasteiger partial charge in [-0.2, -0.15) is 18.2 Å². The Kier molecular flexibility index (Phi) is 2.87. The van der Waals surface area contributed by atoms with Gasteiger partial charge in [-0.25, -0.2) is 0 Å². The summed E-state index contributed by atoms with van der Waals surface area (Å²) >= 11 is 0. The van der Waals surface area contributed by atoms with Gasteiger partial charge in [-0.05, 0) is 12.1 Å². The molecule has 0 amide bonds. The number of aromatic nitrogens is 2. The second-order valence-corrected chi connectivity index (χ2v) is 3.44. The summed E-state index contributed by atoms with van der Waals surface area (Å²) in [6, 6.07) is 4.65. The molecule has 1 aromatic heterocycles. The Labute approximate surface area is 95.3 Å². The summed E-state index contributed by atoms with van der Waals surface area (Å²) in [5.41, 5.74) is -0.193. The van der Waals surface area contributed by atoms with Crippen molar-refractivity contribution in [1.82, 2.24) is 10.1 Å². The molecule has 90 valence electrons. The van der Waals surface area contributed by atoms with E-state index in [9.17, 15) is 13.2 Å². The molecule has 0 radical (unpaired) electrons. The van der Waals surface area contributed by atoms with Gasteiger partial charge in [0.05, 0.1) is 5.56 Å². The number of rotatable bonds is 2. The first kappa shape index (κ1) is 11.6. The topological polar surface area (TPSA) is 38.9 Å². The van der Waals surface area contributed by atoms with Crippen molar-refractivity contribution >= 4 is 0 Å². The highest BCUT2D eigenvalue weighted by molar-refractivity contribution is 5.54. The first-order valence-electron chi connectivity index (χ1n) is 5.01. The van der Waals surface area contributed by atoms with E-state index in [1.165, 1.54) is 12.1 Å². The van der Waals surface area contributed by atoms with E-state index in [4.69, 9.17) is 4.52 Å². The van der Waals surface area contributed by atoms with Gasteiger partial charge in [0, 0.05) is 12.0 Å². The average Bonchev–Trinajstić information content (AvgIpc) is 2.76. The summed E-state index contributed by atoms with van der Waals surface area (Å²) in [5.74, 6) is 0.760. The van der Waals surface area contributed by atoms with Crippen LogP contribution in [0.3, 0.4) is 0 Å². The Morgan fingerprint density at radius 2 is 1.82 bits per heavy atom. The van der Waals surface area contributed by atoms with Crippen molar-refractivity contribution in [2.75, 3.05) is 0 Å². The van der Waals surface area contributed by atoms with Crippen LogP contribution in [-0.2, 0) is 12.6 Å². The minimum absolute atomic E-state index is 0.301. The highest BCUT2D eigenvalue weighted by Crippen LogP contribution is 2.30. The zero-order chi connectivity index (χ0) is 12.5. The summed E-state index contributed by atoms with van der Waals surface area (Å²) in [7, 11) is 0. The second kappa shape index (κ2) is 4.20. The molecule has 3 nitrogen and oxygen atoms in total. The number of hydrogen-bond acceptors (Lipinski definition) is 3. The van der Waals surface area contributed by atoms with Crippen molar-refractivity contribution in [2.24, 2.45) is 0 Å². The average molecular weight is 242 g/mol. The molecule has 0 aliphatic rings. The van der Waals surface area contributed by atoms with E-state index < -0.39 is 11.7 Å². The minimum atomic E-state index is -4.33. The highest BCUT2D eigenvalue weighted by Gasteiger charge is 2.30. The molecule has 0 fully saturated rings. The Bertz CT molecular complexity index is 502. The second-order valence-electron chi connectivity index (χ2n) is 3.44. The Hall–Kier alpha value is -1.85. The van der Waals surface area contributed by atoms with Crippen LogP contribution in [0.2, 0.25) is 0 Å². The summed E-state index contributed by atoms with van der Waals surface area (Å²) in [5, 5.41) is 3.68. The number of hydrogen-bond donors (Lipinski definition) is 0. The molecule has 0 spiro atoms. The number of alkyl halides is 3. The number of nitrogens with zero attached hydrogens (tertiary/aromatic N) is 2. The molecule has 2 aromatic rings. The normalized spacial score (nSPS) is 11.8. The van der Waals surface area contributed by atoms with Crippen molar-refractivity contribution < 1.29 is 17.7 Å². The van der Waals surface area contributed by atoms with E-state index in [0.717, 1.165) is 12.1 Å². The molecule has 0 bridgehead atoms. The predicted octanol–water partition coefficient (Wildman–Crippen LogP) is 3.32.